The number of aliphatic hydroxyl groups excluding tert-OH is 1. The van der Waals surface area contributed by atoms with E-state index in [9.17, 15) is 9.90 Å². The smallest absolute Gasteiger partial charge is 0.256 e. The van der Waals surface area contributed by atoms with Crippen LogP contribution in [0.5, 0.6) is 0 Å². The van der Waals surface area contributed by atoms with Crippen LogP contribution < -0.4 is 5.56 Å². The third kappa shape index (κ3) is 2.68. The minimum absolute atomic E-state index is 0.0973. The molecule has 0 fully saturated rings. The summed E-state index contributed by atoms with van der Waals surface area (Å²) in [6.07, 6.45) is 0.869. The number of aliphatic hydroxyl groups is 1. The van der Waals surface area contributed by atoms with Crippen LogP contribution >= 0.6 is 0 Å². The SMILES string of the molecule is CCC(C)n1c(-c2ccc(C)cc2)ccc(CO)c1=O. The van der Waals surface area contributed by atoms with Gasteiger partial charge in [-0.05, 0) is 38.0 Å². The normalized spacial score (nSPS) is 12.4. The second-order valence-electron chi connectivity index (χ2n) is 5.20. The topological polar surface area (TPSA) is 42.2 Å². The first-order chi connectivity index (χ1) is 9.58. The van der Waals surface area contributed by atoms with Gasteiger partial charge in [0.15, 0.2) is 0 Å². The van der Waals surface area contributed by atoms with Crippen molar-refractivity contribution in [2.45, 2.75) is 39.8 Å². The van der Waals surface area contributed by atoms with Gasteiger partial charge in [0.2, 0.25) is 0 Å². The summed E-state index contributed by atoms with van der Waals surface area (Å²) in [5, 5.41) is 9.28. The van der Waals surface area contributed by atoms with E-state index >= 15 is 0 Å². The van der Waals surface area contributed by atoms with Crippen molar-refractivity contribution >= 4 is 0 Å². The molecule has 0 aliphatic carbocycles. The molecule has 0 radical (unpaired) electrons. The summed E-state index contributed by atoms with van der Waals surface area (Å²) in [7, 11) is 0. The summed E-state index contributed by atoms with van der Waals surface area (Å²) in [6, 6.07) is 11.9. The van der Waals surface area contributed by atoms with Gasteiger partial charge in [-0.25, -0.2) is 0 Å². The quantitative estimate of drug-likeness (QED) is 0.927. The molecule has 0 bridgehead atoms. The van der Waals surface area contributed by atoms with Crippen molar-refractivity contribution in [3.8, 4) is 11.3 Å². The lowest BCUT2D eigenvalue weighted by Crippen LogP contribution is -2.27. The maximum absolute atomic E-state index is 12.5. The third-order valence-electron chi connectivity index (χ3n) is 3.74. The van der Waals surface area contributed by atoms with Crippen LogP contribution in [-0.2, 0) is 6.61 Å². The third-order valence-corrected chi connectivity index (χ3v) is 3.74. The van der Waals surface area contributed by atoms with Crippen molar-refractivity contribution in [2.24, 2.45) is 0 Å². The number of hydrogen-bond donors (Lipinski definition) is 1. The second kappa shape index (κ2) is 6.06. The molecular formula is C17H21NO2. The van der Waals surface area contributed by atoms with Crippen molar-refractivity contribution < 1.29 is 5.11 Å². The predicted molar refractivity (Wildman–Crippen MR) is 81.8 cm³/mol. The summed E-state index contributed by atoms with van der Waals surface area (Å²) < 4.78 is 1.79. The van der Waals surface area contributed by atoms with Crippen molar-refractivity contribution in [2.75, 3.05) is 0 Å². The molecule has 20 heavy (non-hydrogen) atoms. The van der Waals surface area contributed by atoms with E-state index in [1.54, 1.807) is 10.6 Å². The van der Waals surface area contributed by atoms with Crippen molar-refractivity contribution in [1.82, 2.24) is 4.57 Å². The molecular weight excluding hydrogens is 250 g/mol. The van der Waals surface area contributed by atoms with E-state index in [-0.39, 0.29) is 18.2 Å². The molecule has 0 spiro atoms. The Balaban J connectivity index is 2.66. The Morgan fingerprint density at radius 2 is 1.80 bits per heavy atom. The van der Waals surface area contributed by atoms with Crippen LogP contribution in [0, 0.1) is 6.92 Å². The van der Waals surface area contributed by atoms with Gasteiger partial charge in [-0.1, -0.05) is 36.8 Å². The van der Waals surface area contributed by atoms with E-state index in [4.69, 9.17) is 0 Å². The zero-order chi connectivity index (χ0) is 14.7. The largest absolute Gasteiger partial charge is 0.391 e. The highest BCUT2D eigenvalue weighted by Gasteiger charge is 2.14. The van der Waals surface area contributed by atoms with E-state index in [2.05, 4.69) is 6.92 Å². The number of pyridine rings is 1. The van der Waals surface area contributed by atoms with Crippen molar-refractivity contribution in [1.29, 1.82) is 0 Å². The highest BCUT2D eigenvalue weighted by Crippen LogP contribution is 2.23. The Kier molecular flexibility index (Phi) is 4.40. The van der Waals surface area contributed by atoms with E-state index in [0.29, 0.717) is 5.56 Å². The molecule has 0 saturated heterocycles. The highest BCUT2D eigenvalue weighted by atomic mass is 16.3. The van der Waals surface area contributed by atoms with E-state index in [0.717, 1.165) is 17.7 Å². The minimum atomic E-state index is -0.219. The van der Waals surface area contributed by atoms with Gasteiger partial charge in [-0.2, -0.15) is 0 Å². The van der Waals surface area contributed by atoms with Crippen LogP contribution in [0.15, 0.2) is 41.2 Å². The molecule has 1 aromatic carbocycles. The standard InChI is InChI=1S/C17H21NO2/c1-4-13(3)18-16(10-9-15(11-19)17(18)20)14-7-5-12(2)6-8-14/h5-10,13,19H,4,11H2,1-3H3. The Morgan fingerprint density at radius 3 is 2.35 bits per heavy atom. The minimum Gasteiger partial charge on any atom is -0.391 e. The van der Waals surface area contributed by atoms with E-state index < -0.39 is 0 Å². The highest BCUT2D eigenvalue weighted by molar-refractivity contribution is 5.60. The van der Waals surface area contributed by atoms with Gasteiger partial charge >= 0.3 is 0 Å². The van der Waals surface area contributed by atoms with Crippen LogP contribution in [0.3, 0.4) is 0 Å². The number of rotatable bonds is 4. The fourth-order valence-corrected chi connectivity index (χ4v) is 2.30. The number of hydrogen-bond acceptors (Lipinski definition) is 2. The van der Waals surface area contributed by atoms with Gasteiger partial charge in [0, 0.05) is 11.6 Å². The molecule has 2 aromatic rings. The summed E-state index contributed by atoms with van der Waals surface area (Å²) in [5.41, 5.74) is 3.47. The second-order valence-corrected chi connectivity index (χ2v) is 5.20. The van der Waals surface area contributed by atoms with Crippen LogP contribution in [0.1, 0.15) is 37.4 Å². The van der Waals surface area contributed by atoms with Crippen molar-refractivity contribution in [3.63, 3.8) is 0 Å². The average Bonchev–Trinajstić information content (AvgIpc) is 2.47. The number of benzene rings is 1. The zero-order valence-corrected chi connectivity index (χ0v) is 12.3. The van der Waals surface area contributed by atoms with E-state index in [1.807, 2.05) is 44.2 Å². The summed E-state index contributed by atoms with van der Waals surface area (Å²) >= 11 is 0. The number of aromatic nitrogens is 1. The van der Waals surface area contributed by atoms with Crippen molar-refractivity contribution in [3.05, 3.63) is 57.9 Å². The fraction of sp³-hybridized carbons (Fsp3) is 0.353. The fourth-order valence-electron chi connectivity index (χ4n) is 2.30. The Morgan fingerprint density at radius 1 is 1.15 bits per heavy atom. The lowest BCUT2D eigenvalue weighted by atomic mass is 10.1. The molecule has 1 N–H and O–H groups in total. The Labute approximate surface area is 119 Å². The van der Waals surface area contributed by atoms with Crippen LogP contribution in [-0.4, -0.2) is 9.67 Å². The lowest BCUT2D eigenvalue weighted by molar-refractivity contribution is 0.278. The molecule has 3 nitrogen and oxygen atoms in total. The monoisotopic (exact) mass is 271 g/mol. The first-order valence-electron chi connectivity index (χ1n) is 7.00. The van der Waals surface area contributed by atoms with Gasteiger partial charge in [0.1, 0.15) is 0 Å². The molecule has 1 aromatic heterocycles. The first-order valence-corrected chi connectivity index (χ1v) is 7.00. The maximum Gasteiger partial charge on any atom is 0.256 e. The summed E-state index contributed by atoms with van der Waals surface area (Å²) in [5.74, 6) is 0. The molecule has 0 aliphatic heterocycles. The molecule has 1 heterocycles. The molecule has 0 saturated carbocycles. The molecule has 3 heteroatoms. The summed E-state index contributed by atoms with van der Waals surface area (Å²) in [6.45, 7) is 5.91. The first kappa shape index (κ1) is 14.5. The van der Waals surface area contributed by atoms with Gasteiger partial charge in [-0.3, -0.25) is 4.79 Å². The lowest BCUT2D eigenvalue weighted by Gasteiger charge is -2.20. The maximum atomic E-state index is 12.5. The summed E-state index contributed by atoms with van der Waals surface area (Å²) in [4.78, 5) is 12.5. The van der Waals surface area contributed by atoms with Crippen LogP contribution in [0.2, 0.25) is 0 Å². The van der Waals surface area contributed by atoms with Gasteiger partial charge in [0.05, 0.1) is 12.3 Å². The van der Waals surface area contributed by atoms with Crippen LogP contribution in [0.25, 0.3) is 11.3 Å². The number of aryl methyl sites for hydroxylation is 1. The van der Waals surface area contributed by atoms with Crippen LogP contribution in [0.4, 0.5) is 0 Å². The predicted octanol–water partition coefficient (Wildman–Crippen LogP) is 3.29. The molecule has 1 atom stereocenters. The average molecular weight is 271 g/mol. The molecule has 1 unspecified atom stereocenters. The zero-order valence-electron chi connectivity index (χ0n) is 12.3. The number of nitrogens with zero attached hydrogens (tertiary/aromatic N) is 1. The van der Waals surface area contributed by atoms with Gasteiger partial charge in [-0.15, -0.1) is 0 Å². The molecule has 2 rings (SSSR count). The Bertz CT molecular complexity index is 641. The van der Waals surface area contributed by atoms with Gasteiger partial charge in [0.25, 0.3) is 5.56 Å². The molecule has 0 amide bonds. The molecule has 0 aliphatic rings. The Hall–Kier alpha value is -1.87. The van der Waals surface area contributed by atoms with Gasteiger partial charge < -0.3 is 9.67 Å². The van der Waals surface area contributed by atoms with E-state index in [1.165, 1.54) is 5.56 Å². The molecule has 106 valence electrons.